The molecule has 0 aromatic heterocycles. The van der Waals surface area contributed by atoms with Crippen LogP contribution in [0.5, 0.6) is 5.75 Å². The van der Waals surface area contributed by atoms with Crippen molar-refractivity contribution < 1.29 is 19.0 Å². The van der Waals surface area contributed by atoms with E-state index in [4.69, 9.17) is 14.2 Å². The Bertz CT molecular complexity index is 473. The van der Waals surface area contributed by atoms with Crippen molar-refractivity contribution in [2.45, 2.75) is 25.6 Å². The number of hydrogen-bond donors (Lipinski definition) is 2. The Balaban J connectivity index is 1.76. The molecule has 1 atom stereocenters. The van der Waals surface area contributed by atoms with Crippen LogP contribution < -0.4 is 15.4 Å². The molecule has 0 bridgehead atoms. The van der Waals surface area contributed by atoms with Crippen LogP contribution in [-0.2, 0) is 9.47 Å². The van der Waals surface area contributed by atoms with Crippen molar-refractivity contribution >= 4 is 11.8 Å². The Kier molecular flexibility index (Phi) is 5.03. The molecule has 2 N–H and O–H groups in total. The summed E-state index contributed by atoms with van der Waals surface area (Å²) >= 11 is 0. The molecule has 0 saturated carbocycles. The molecule has 6 heteroatoms. The summed E-state index contributed by atoms with van der Waals surface area (Å²) in [7, 11) is 1.59. The second-order valence-corrected chi connectivity index (χ2v) is 5.58. The maximum absolute atomic E-state index is 11.7. The van der Waals surface area contributed by atoms with Gasteiger partial charge in [0, 0.05) is 18.8 Å². The number of ether oxygens (including phenoxy) is 3. The maximum Gasteiger partial charge on any atom is 0.411 e. The highest BCUT2D eigenvalue weighted by atomic mass is 16.6. The molecule has 0 spiro atoms. The standard InChI is InChI=1S/C15H22N2O4/c1-15(2)10-16-8-13(21-15)9-20-14(18)17-11-4-6-12(19-3)7-5-11/h4-7,13,16H,8-10H2,1-3H3,(H,17,18). The molecule has 6 nitrogen and oxygen atoms in total. The molecular weight excluding hydrogens is 272 g/mol. The van der Waals surface area contributed by atoms with E-state index in [1.165, 1.54) is 0 Å². The zero-order chi connectivity index (χ0) is 15.3. The van der Waals surface area contributed by atoms with Gasteiger partial charge < -0.3 is 19.5 Å². The predicted octanol–water partition coefficient (Wildman–Crippen LogP) is 2.01. The van der Waals surface area contributed by atoms with E-state index in [1.807, 2.05) is 13.8 Å². The van der Waals surface area contributed by atoms with Gasteiger partial charge in [-0.3, -0.25) is 5.32 Å². The van der Waals surface area contributed by atoms with Gasteiger partial charge >= 0.3 is 6.09 Å². The summed E-state index contributed by atoms with van der Waals surface area (Å²) in [5, 5.41) is 5.92. The summed E-state index contributed by atoms with van der Waals surface area (Å²) in [6.07, 6.45) is -0.623. The van der Waals surface area contributed by atoms with E-state index >= 15 is 0 Å². The second-order valence-electron chi connectivity index (χ2n) is 5.58. The number of nitrogens with one attached hydrogen (secondary N) is 2. The molecule has 0 radical (unpaired) electrons. The van der Waals surface area contributed by atoms with Crippen LogP contribution in [0, 0.1) is 0 Å². The molecule has 1 unspecified atom stereocenters. The van der Waals surface area contributed by atoms with Gasteiger partial charge in [0.15, 0.2) is 0 Å². The molecule has 116 valence electrons. The van der Waals surface area contributed by atoms with E-state index in [-0.39, 0.29) is 18.3 Å². The first kappa shape index (κ1) is 15.6. The number of rotatable bonds is 4. The lowest BCUT2D eigenvalue weighted by Crippen LogP contribution is -2.52. The Morgan fingerprint density at radius 2 is 2.14 bits per heavy atom. The van der Waals surface area contributed by atoms with Gasteiger partial charge in [-0.1, -0.05) is 0 Å². The molecule has 1 aliphatic rings. The molecule has 0 aliphatic carbocycles. The first-order valence-electron chi connectivity index (χ1n) is 6.95. The van der Waals surface area contributed by atoms with Gasteiger partial charge in [0.1, 0.15) is 18.5 Å². The Hall–Kier alpha value is -1.79. The fourth-order valence-electron chi connectivity index (χ4n) is 2.16. The maximum atomic E-state index is 11.7. The number of carbonyl (C=O) groups excluding carboxylic acids is 1. The summed E-state index contributed by atoms with van der Waals surface area (Å²) in [5.74, 6) is 0.734. The fraction of sp³-hybridized carbons (Fsp3) is 0.533. The molecule has 1 heterocycles. The van der Waals surface area contributed by atoms with E-state index in [1.54, 1.807) is 31.4 Å². The van der Waals surface area contributed by atoms with Crippen molar-refractivity contribution in [3.63, 3.8) is 0 Å². The lowest BCUT2D eigenvalue weighted by atomic mass is 10.1. The fourth-order valence-corrected chi connectivity index (χ4v) is 2.16. The molecule has 1 saturated heterocycles. The van der Waals surface area contributed by atoms with E-state index in [2.05, 4.69) is 10.6 Å². The van der Waals surface area contributed by atoms with Crippen LogP contribution in [0.4, 0.5) is 10.5 Å². The third-order valence-corrected chi connectivity index (χ3v) is 3.15. The number of hydrogen-bond acceptors (Lipinski definition) is 5. The number of anilines is 1. The van der Waals surface area contributed by atoms with Crippen LogP contribution in [0.2, 0.25) is 0 Å². The minimum absolute atomic E-state index is 0.129. The monoisotopic (exact) mass is 294 g/mol. The summed E-state index contributed by atoms with van der Waals surface area (Å²) in [4.78, 5) is 11.7. The van der Waals surface area contributed by atoms with Crippen LogP contribution in [0.3, 0.4) is 0 Å². The van der Waals surface area contributed by atoms with Gasteiger partial charge in [0.2, 0.25) is 0 Å². The van der Waals surface area contributed by atoms with Crippen molar-refractivity contribution in [3.8, 4) is 5.75 Å². The average molecular weight is 294 g/mol. The summed E-state index contributed by atoms with van der Waals surface area (Å²) in [5.41, 5.74) is 0.419. The highest BCUT2D eigenvalue weighted by molar-refractivity contribution is 5.84. The minimum atomic E-state index is -0.493. The number of amides is 1. The third-order valence-electron chi connectivity index (χ3n) is 3.15. The average Bonchev–Trinajstić information content (AvgIpc) is 2.45. The SMILES string of the molecule is COc1ccc(NC(=O)OCC2CNCC(C)(C)O2)cc1. The summed E-state index contributed by atoms with van der Waals surface area (Å²) < 4.78 is 16.1. The predicted molar refractivity (Wildman–Crippen MR) is 79.8 cm³/mol. The quantitative estimate of drug-likeness (QED) is 0.889. The van der Waals surface area contributed by atoms with Crippen LogP contribution in [-0.4, -0.2) is 44.6 Å². The summed E-state index contributed by atoms with van der Waals surface area (Å²) in [6, 6.07) is 7.04. The van der Waals surface area contributed by atoms with E-state index < -0.39 is 6.09 Å². The molecule has 21 heavy (non-hydrogen) atoms. The normalized spacial score (nSPS) is 20.6. The zero-order valence-corrected chi connectivity index (χ0v) is 12.6. The molecule has 1 aromatic rings. The largest absolute Gasteiger partial charge is 0.497 e. The van der Waals surface area contributed by atoms with Crippen molar-refractivity contribution in [2.75, 3.05) is 32.1 Å². The Morgan fingerprint density at radius 3 is 2.76 bits per heavy atom. The topological polar surface area (TPSA) is 68.8 Å². The lowest BCUT2D eigenvalue weighted by Gasteiger charge is -2.36. The van der Waals surface area contributed by atoms with Crippen molar-refractivity contribution in [1.82, 2.24) is 5.32 Å². The first-order chi connectivity index (χ1) is 9.98. The van der Waals surface area contributed by atoms with Gasteiger partial charge in [-0.05, 0) is 38.1 Å². The smallest absolute Gasteiger partial charge is 0.411 e. The summed E-state index contributed by atoms with van der Waals surface area (Å²) in [6.45, 7) is 5.70. The number of carbonyl (C=O) groups is 1. The van der Waals surface area contributed by atoms with Gasteiger partial charge in [0.05, 0.1) is 12.7 Å². The van der Waals surface area contributed by atoms with Crippen LogP contribution >= 0.6 is 0 Å². The molecule has 1 aliphatic heterocycles. The zero-order valence-electron chi connectivity index (χ0n) is 12.6. The molecule has 1 aromatic carbocycles. The molecule has 2 rings (SSSR count). The Morgan fingerprint density at radius 1 is 1.43 bits per heavy atom. The van der Waals surface area contributed by atoms with Crippen LogP contribution in [0.15, 0.2) is 24.3 Å². The van der Waals surface area contributed by atoms with Gasteiger partial charge in [-0.25, -0.2) is 4.79 Å². The first-order valence-corrected chi connectivity index (χ1v) is 6.95. The van der Waals surface area contributed by atoms with Crippen molar-refractivity contribution in [3.05, 3.63) is 24.3 Å². The minimum Gasteiger partial charge on any atom is -0.497 e. The number of morpholine rings is 1. The lowest BCUT2D eigenvalue weighted by molar-refractivity contribution is -0.110. The number of benzene rings is 1. The second kappa shape index (κ2) is 6.78. The third kappa shape index (κ3) is 4.91. The van der Waals surface area contributed by atoms with Crippen LogP contribution in [0.25, 0.3) is 0 Å². The van der Waals surface area contributed by atoms with Crippen molar-refractivity contribution in [1.29, 1.82) is 0 Å². The molecule has 1 amide bonds. The van der Waals surface area contributed by atoms with Gasteiger partial charge in [-0.15, -0.1) is 0 Å². The van der Waals surface area contributed by atoms with Gasteiger partial charge in [-0.2, -0.15) is 0 Å². The number of methoxy groups -OCH3 is 1. The molecular formula is C15H22N2O4. The molecule has 1 fully saturated rings. The van der Waals surface area contributed by atoms with Crippen LogP contribution in [0.1, 0.15) is 13.8 Å². The highest BCUT2D eigenvalue weighted by Gasteiger charge is 2.28. The Labute approximate surface area is 124 Å². The highest BCUT2D eigenvalue weighted by Crippen LogP contribution is 2.17. The van der Waals surface area contributed by atoms with Gasteiger partial charge in [0.25, 0.3) is 0 Å². The van der Waals surface area contributed by atoms with E-state index in [9.17, 15) is 4.79 Å². The van der Waals surface area contributed by atoms with E-state index in [0.29, 0.717) is 12.2 Å². The van der Waals surface area contributed by atoms with Crippen molar-refractivity contribution in [2.24, 2.45) is 0 Å². The van der Waals surface area contributed by atoms with E-state index in [0.717, 1.165) is 12.3 Å².